The van der Waals surface area contributed by atoms with Crippen molar-refractivity contribution in [1.29, 1.82) is 0 Å². The van der Waals surface area contributed by atoms with E-state index in [0.29, 0.717) is 23.9 Å². The fraction of sp³-hybridized carbons (Fsp3) is 0.500. The van der Waals surface area contributed by atoms with Gasteiger partial charge in [0, 0.05) is 29.3 Å². The highest BCUT2D eigenvalue weighted by atomic mass is 15.4. The van der Waals surface area contributed by atoms with Crippen molar-refractivity contribution < 1.29 is 4.57 Å². The van der Waals surface area contributed by atoms with Crippen LogP contribution in [0.2, 0.25) is 0 Å². The zero-order valence-electron chi connectivity index (χ0n) is 37.3. The number of aromatic nitrogens is 2. The minimum atomic E-state index is -0.489. The first kappa shape index (κ1) is 38.7. The van der Waals surface area contributed by atoms with Gasteiger partial charge in [-0.1, -0.05) is 122 Å². The van der Waals surface area contributed by atoms with Crippen molar-refractivity contribution in [1.82, 2.24) is 14.8 Å². The molecule has 4 heteroatoms. The largest absolute Gasteiger partial charge is 0.353 e. The smallest absolute Gasteiger partial charge is 0.287 e. The van der Waals surface area contributed by atoms with Gasteiger partial charge in [-0.3, -0.25) is 0 Å². The zero-order chi connectivity index (χ0) is 40.6. The van der Waals surface area contributed by atoms with E-state index in [4.69, 9.17) is 4.98 Å². The molecule has 0 saturated heterocycles. The number of hydrogen-bond acceptors (Lipinski definition) is 3. The molecule has 0 N–H and O–H groups in total. The molecule has 2 aliphatic heterocycles. The Balaban J connectivity index is 1.57. The summed E-state index contributed by atoms with van der Waals surface area (Å²) in [6.45, 7) is 38.5. The summed E-state index contributed by atoms with van der Waals surface area (Å²) in [5, 5.41) is 5.48. The molecule has 2 atom stereocenters. The summed E-state index contributed by atoms with van der Waals surface area (Å²) in [7, 11) is 0. The Hall–Kier alpha value is -4.18. The summed E-state index contributed by atoms with van der Waals surface area (Å²) in [4.78, 5) is 11.1. The number of nitrogens with zero attached hydrogens (tertiary/aromatic N) is 4. The molecular weight excluding hydrogens is 681 g/mol. The maximum absolute atomic E-state index is 5.66. The zero-order valence-corrected chi connectivity index (χ0v) is 37.3. The average molecular weight is 748 g/mol. The van der Waals surface area contributed by atoms with Crippen molar-refractivity contribution in [2.24, 2.45) is 11.8 Å². The van der Waals surface area contributed by atoms with E-state index in [1.165, 1.54) is 77.6 Å². The molecule has 0 radical (unpaired) electrons. The molecule has 1 aliphatic carbocycles. The van der Waals surface area contributed by atoms with Crippen LogP contribution in [0, 0.1) is 11.8 Å². The minimum Gasteiger partial charge on any atom is -0.353 e. The third kappa shape index (κ3) is 5.15. The Morgan fingerprint density at radius 3 is 2.05 bits per heavy atom. The highest BCUT2D eigenvalue weighted by Gasteiger charge is 2.62. The molecule has 4 aromatic carbocycles. The normalized spacial score (nSPS) is 21.1. The summed E-state index contributed by atoms with van der Waals surface area (Å²) in [5.41, 5.74) is 12.4. The van der Waals surface area contributed by atoms with Crippen molar-refractivity contribution >= 4 is 21.5 Å². The van der Waals surface area contributed by atoms with E-state index in [1.54, 1.807) is 0 Å². The molecular formula is C52H67N4+. The van der Waals surface area contributed by atoms with Crippen LogP contribution in [0.15, 0.2) is 78.9 Å². The Morgan fingerprint density at radius 2 is 1.45 bits per heavy atom. The van der Waals surface area contributed by atoms with Gasteiger partial charge in [-0.25, -0.2) is 4.57 Å². The van der Waals surface area contributed by atoms with Gasteiger partial charge >= 0.3 is 0 Å². The predicted octanol–water partition coefficient (Wildman–Crippen LogP) is 12.4. The maximum Gasteiger partial charge on any atom is 0.287 e. The van der Waals surface area contributed by atoms with Crippen LogP contribution < -0.4 is 4.57 Å². The Labute approximate surface area is 338 Å². The standard InChI is InChI=1S/C52H67N4/c1-30(2)26-35-21-19-20-34-24-25-38-43-46-39-27-40(49(9,10)11)36-22-17-18-23-37(36)44(39)51(14,15)52(16,55(46)29-53-47(43)50(12,13)45(38)42(34)35)41-28-54(32(5)6)48(31(3)4)56(41)33(7)8/h17-25,27-33,48H,26H2,1-16H3/q+1. The van der Waals surface area contributed by atoms with Gasteiger partial charge in [0.05, 0.1) is 16.7 Å². The third-order valence-corrected chi connectivity index (χ3v) is 14.1. The Morgan fingerprint density at radius 1 is 0.768 bits per heavy atom. The van der Waals surface area contributed by atoms with Crippen LogP contribution in [0.25, 0.3) is 43.9 Å². The molecule has 8 rings (SSSR count). The Kier molecular flexibility index (Phi) is 8.74. The van der Waals surface area contributed by atoms with Gasteiger partial charge in [0.15, 0.2) is 11.2 Å². The lowest BCUT2D eigenvalue weighted by molar-refractivity contribution is -0.757. The third-order valence-electron chi connectivity index (χ3n) is 14.1. The molecule has 5 aromatic rings. The van der Waals surface area contributed by atoms with E-state index in [1.807, 2.05) is 0 Å². The summed E-state index contributed by atoms with van der Waals surface area (Å²) in [6.07, 6.45) is 6.11. The van der Waals surface area contributed by atoms with Crippen LogP contribution in [0.5, 0.6) is 0 Å². The van der Waals surface area contributed by atoms with Crippen molar-refractivity contribution in [2.75, 3.05) is 0 Å². The van der Waals surface area contributed by atoms with E-state index >= 15 is 0 Å². The van der Waals surface area contributed by atoms with Crippen LogP contribution in [0.3, 0.4) is 0 Å². The van der Waals surface area contributed by atoms with Crippen LogP contribution >= 0.6 is 0 Å². The monoisotopic (exact) mass is 748 g/mol. The first-order valence-corrected chi connectivity index (χ1v) is 21.5. The van der Waals surface area contributed by atoms with Crippen LogP contribution in [0.1, 0.15) is 139 Å². The molecule has 0 fully saturated rings. The van der Waals surface area contributed by atoms with Gasteiger partial charge in [-0.05, 0) is 128 Å². The first-order chi connectivity index (χ1) is 26.1. The van der Waals surface area contributed by atoms with Gasteiger partial charge in [0.2, 0.25) is 0 Å². The number of rotatable bonds is 6. The summed E-state index contributed by atoms with van der Waals surface area (Å²) in [5.74, 6) is 1.00. The number of hydrogen-bond donors (Lipinski definition) is 0. The minimum absolute atomic E-state index is 0.0512. The van der Waals surface area contributed by atoms with Crippen LogP contribution in [-0.2, 0) is 28.2 Å². The van der Waals surface area contributed by atoms with E-state index < -0.39 is 5.54 Å². The Bertz CT molecular complexity index is 2430. The molecule has 3 aliphatic rings. The summed E-state index contributed by atoms with van der Waals surface area (Å²) < 4.78 is 2.65. The first-order valence-electron chi connectivity index (χ1n) is 21.5. The van der Waals surface area contributed by atoms with Crippen molar-refractivity contribution in [3.8, 4) is 22.4 Å². The highest BCUT2D eigenvalue weighted by Crippen LogP contribution is 2.60. The molecule has 1 aromatic heterocycles. The molecule has 4 nitrogen and oxygen atoms in total. The van der Waals surface area contributed by atoms with E-state index in [9.17, 15) is 0 Å². The van der Waals surface area contributed by atoms with Crippen LogP contribution in [-0.4, -0.2) is 33.0 Å². The van der Waals surface area contributed by atoms with E-state index in [2.05, 4.69) is 198 Å². The van der Waals surface area contributed by atoms with E-state index in [0.717, 1.165) is 6.42 Å². The van der Waals surface area contributed by atoms with Gasteiger partial charge in [-0.15, -0.1) is 0 Å². The molecule has 0 saturated carbocycles. The predicted molar refractivity (Wildman–Crippen MR) is 237 cm³/mol. The molecule has 56 heavy (non-hydrogen) atoms. The van der Waals surface area contributed by atoms with Crippen molar-refractivity contribution in [3.63, 3.8) is 0 Å². The van der Waals surface area contributed by atoms with Crippen LogP contribution in [0.4, 0.5) is 0 Å². The lowest BCUT2D eigenvalue weighted by Crippen LogP contribution is -2.70. The maximum atomic E-state index is 5.66. The second-order valence-corrected chi connectivity index (χ2v) is 21.0. The van der Waals surface area contributed by atoms with Gasteiger partial charge in [0.1, 0.15) is 11.9 Å². The fourth-order valence-electron chi connectivity index (χ4n) is 11.3. The second kappa shape index (κ2) is 12.7. The van der Waals surface area contributed by atoms with Gasteiger partial charge in [-0.2, -0.15) is 0 Å². The fourth-order valence-corrected chi connectivity index (χ4v) is 11.3. The number of fused-ring (bicyclic) bond motifs is 11. The lowest BCUT2D eigenvalue weighted by atomic mass is 9.60. The van der Waals surface area contributed by atoms with Gasteiger partial charge in [0.25, 0.3) is 6.33 Å². The summed E-state index contributed by atoms with van der Waals surface area (Å²) >= 11 is 0. The molecule has 0 bridgehead atoms. The van der Waals surface area contributed by atoms with Crippen molar-refractivity contribution in [2.45, 2.75) is 157 Å². The average Bonchev–Trinajstić information content (AvgIpc) is 3.64. The highest BCUT2D eigenvalue weighted by molar-refractivity contribution is 6.03. The lowest BCUT2D eigenvalue weighted by Gasteiger charge is -2.52. The molecule has 294 valence electrons. The van der Waals surface area contributed by atoms with Crippen molar-refractivity contribution in [3.05, 3.63) is 107 Å². The molecule has 3 heterocycles. The summed E-state index contributed by atoms with van der Waals surface area (Å²) in [6, 6.07) is 24.3. The SMILES string of the molecule is CC(C)Cc1cccc2ccc3c(c12)C(C)(C)c1nc[n+]2c(c1-3)-c1cc(C(C)(C)C)c3ccccc3c1C(C)(C)C2(C)C1=CN(C(C)C)C(C(C)C)N1C(C)C. The molecule has 0 spiro atoms. The molecule has 0 amide bonds. The number of allylic oxidation sites excluding steroid dienone is 1. The second-order valence-electron chi connectivity index (χ2n) is 21.0. The van der Waals surface area contributed by atoms with Gasteiger partial charge < -0.3 is 9.80 Å². The molecule has 2 unspecified atom stereocenters. The quantitative estimate of drug-likeness (QED) is 0.162. The topological polar surface area (TPSA) is 23.2 Å². The number of benzene rings is 4. The van der Waals surface area contributed by atoms with E-state index in [-0.39, 0.29) is 22.4 Å².